The van der Waals surface area contributed by atoms with Gasteiger partial charge in [-0.15, -0.1) is 0 Å². The first-order valence-electron chi connectivity index (χ1n) is 4.94. The lowest BCUT2D eigenvalue weighted by Gasteiger charge is -2.16. The highest BCUT2D eigenvalue weighted by molar-refractivity contribution is 7.97. The number of fused-ring (bicyclic) bond motifs is 1. The van der Waals surface area contributed by atoms with Crippen LogP contribution in [0.2, 0.25) is 0 Å². The van der Waals surface area contributed by atoms with Crippen LogP contribution in [0.25, 0.3) is 0 Å². The van der Waals surface area contributed by atoms with E-state index in [0.29, 0.717) is 5.82 Å². The summed E-state index contributed by atoms with van der Waals surface area (Å²) < 4.78 is 0. The van der Waals surface area contributed by atoms with Crippen molar-refractivity contribution in [1.82, 2.24) is 9.97 Å². The van der Waals surface area contributed by atoms with Crippen molar-refractivity contribution in [1.29, 1.82) is 0 Å². The van der Waals surface area contributed by atoms with Crippen molar-refractivity contribution >= 4 is 17.6 Å². The Labute approximate surface area is 88.5 Å². The zero-order valence-electron chi connectivity index (χ0n) is 8.42. The van der Waals surface area contributed by atoms with Gasteiger partial charge in [0.25, 0.3) is 0 Å². The third kappa shape index (κ3) is 1.85. The summed E-state index contributed by atoms with van der Waals surface area (Å²) >= 11 is 1.73. The highest BCUT2D eigenvalue weighted by Crippen LogP contribution is 2.24. The Morgan fingerprint density at radius 3 is 2.86 bits per heavy atom. The van der Waals surface area contributed by atoms with Crippen molar-refractivity contribution < 1.29 is 0 Å². The molecule has 1 aromatic heterocycles. The molecule has 0 bridgehead atoms. The van der Waals surface area contributed by atoms with Gasteiger partial charge < -0.3 is 5.73 Å². The third-order valence-corrected chi connectivity index (χ3v) is 3.08. The summed E-state index contributed by atoms with van der Waals surface area (Å²) in [5.74, 6) is 2.45. The summed E-state index contributed by atoms with van der Waals surface area (Å²) in [4.78, 5) is 8.87. The van der Waals surface area contributed by atoms with Crippen LogP contribution in [0.3, 0.4) is 0 Å². The van der Waals surface area contributed by atoms with E-state index in [0.717, 1.165) is 24.4 Å². The molecular weight excluding hydrogens is 194 g/mol. The number of anilines is 1. The number of aromatic nitrogens is 2. The number of nitrogen functional groups attached to an aromatic ring is 1. The second-order valence-corrected chi connectivity index (χ2v) is 4.46. The number of hydrogen-bond donors (Lipinski definition) is 1. The minimum absolute atomic E-state index is 0.707. The smallest absolute Gasteiger partial charge is 0.140 e. The molecule has 1 aliphatic carbocycles. The Balaban J connectivity index is 2.36. The molecule has 1 aliphatic rings. The molecule has 2 N–H and O–H groups in total. The molecule has 0 aromatic carbocycles. The van der Waals surface area contributed by atoms with E-state index >= 15 is 0 Å². The van der Waals surface area contributed by atoms with Crippen molar-refractivity contribution in [2.45, 2.75) is 31.4 Å². The molecule has 76 valence electrons. The minimum atomic E-state index is 0.707. The summed E-state index contributed by atoms with van der Waals surface area (Å²) in [6.45, 7) is 0. The molecule has 0 spiro atoms. The standard InChI is InChI=1S/C10H15N3S/c1-14-6-9-12-8-5-3-2-4-7(8)10(11)13-9/h2-6H2,1H3,(H2,11,12,13). The van der Waals surface area contributed by atoms with Crippen molar-refractivity contribution in [2.75, 3.05) is 12.0 Å². The molecule has 3 nitrogen and oxygen atoms in total. The lowest BCUT2D eigenvalue weighted by Crippen LogP contribution is -2.12. The minimum Gasteiger partial charge on any atom is -0.383 e. The number of hydrogen-bond acceptors (Lipinski definition) is 4. The van der Waals surface area contributed by atoms with Crippen LogP contribution in [0.4, 0.5) is 5.82 Å². The molecule has 0 fully saturated rings. The fourth-order valence-electron chi connectivity index (χ4n) is 1.87. The Morgan fingerprint density at radius 2 is 2.07 bits per heavy atom. The second-order valence-electron chi connectivity index (χ2n) is 3.59. The van der Waals surface area contributed by atoms with Crippen molar-refractivity contribution in [3.8, 4) is 0 Å². The molecule has 1 heterocycles. The number of thioether (sulfide) groups is 1. The first-order chi connectivity index (χ1) is 6.81. The zero-order valence-corrected chi connectivity index (χ0v) is 9.23. The van der Waals surface area contributed by atoms with Gasteiger partial charge in [0.15, 0.2) is 0 Å². The lowest BCUT2D eigenvalue weighted by atomic mass is 9.96. The maximum absolute atomic E-state index is 5.91. The summed E-state index contributed by atoms with van der Waals surface area (Å²) in [5, 5.41) is 0. The van der Waals surface area contributed by atoms with E-state index in [1.807, 2.05) is 0 Å². The fourth-order valence-corrected chi connectivity index (χ4v) is 2.26. The van der Waals surface area contributed by atoms with Gasteiger partial charge >= 0.3 is 0 Å². The van der Waals surface area contributed by atoms with E-state index in [2.05, 4.69) is 16.2 Å². The zero-order chi connectivity index (χ0) is 9.97. The van der Waals surface area contributed by atoms with E-state index < -0.39 is 0 Å². The first-order valence-corrected chi connectivity index (χ1v) is 6.33. The molecule has 0 aliphatic heterocycles. The summed E-state index contributed by atoms with van der Waals surface area (Å²) in [5.41, 5.74) is 8.30. The average Bonchev–Trinajstić information content (AvgIpc) is 2.18. The van der Waals surface area contributed by atoms with Crippen LogP contribution in [0.5, 0.6) is 0 Å². The van der Waals surface area contributed by atoms with E-state index in [-0.39, 0.29) is 0 Å². The van der Waals surface area contributed by atoms with E-state index in [1.54, 1.807) is 11.8 Å². The molecule has 2 rings (SSSR count). The van der Waals surface area contributed by atoms with Crippen LogP contribution in [0, 0.1) is 0 Å². The SMILES string of the molecule is CSCc1nc(N)c2c(n1)CCCC2. The van der Waals surface area contributed by atoms with Gasteiger partial charge in [0.05, 0.1) is 5.75 Å². The van der Waals surface area contributed by atoms with E-state index in [4.69, 9.17) is 5.73 Å². The largest absolute Gasteiger partial charge is 0.383 e. The molecule has 0 saturated heterocycles. The maximum Gasteiger partial charge on any atom is 0.140 e. The molecule has 1 aromatic rings. The Morgan fingerprint density at radius 1 is 1.29 bits per heavy atom. The highest BCUT2D eigenvalue weighted by Gasteiger charge is 2.15. The van der Waals surface area contributed by atoms with Crippen LogP contribution in [0.1, 0.15) is 29.9 Å². The van der Waals surface area contributed by atoms with Crippen LogP contribution < -0.4 is 5.73 Å². The Kier molecular flexibility index (Phi) is 2.91. The number of nitrogens with zero attached hydrogens (tertiary/aromatic N) is 2. The maximum atomic E-state index is 5.91. The summed E-state index contributed by atoms with van der Waals surface area (Å²) in [6, 6.07) is 0. The molecular formula is C10H15N3S. The van der Waals surface area contributed by atoms with Crippen molar-refractivity contribution in [2.24, 2.45) is 0 Å². The highest BCUT2D eigenvalue weighted by atomic mass is 32.2. The molecule has 0 amide bonds. The van der Waals surface area contributed by atoms with Gasteiger partial charge in [-0.2, -0.15) is 11.8 Å². The van der Waals surface area contributed by atoms with E-state index in [1.165, 1.54) is 24.1 Å². The molecule has 0 saturated carbocycles. The van der Waals surface area contributed by atoms with Gasteiger partial charge in [0.2, 0.25) is 0 Å². The number of aryl methyl sites for hydroxylation is 1. The second kappa shape index (κ2) is 4.17. The lowest BCUT2D eigenvalue weighted by molar-refractivity contribution is 0.660. The Hall–Kier alpha value is -0.770. The van der Waals surface area contributed by atoms with Crippen LogP contribution in [0.15, 0.2) is 0 Å². The van der Waals surface area contributed by atoms with Crippen LogP contribution in [-0.2, 0) is 18.6 Å². The first kappa shape index (κ1) is 9.77. The molecule has 4 heteroatoms. The Bertz CT molecular complexity index is 338. The van der Waals surface area contributed by atoms with E-state index in [9.17, 15) is 0 Å². The van der Waals surface area contributed by atoms with Gasteiger partial charge in [0, 0.05) is 11.3 Å². The van der Waals surface area contributed by atoms with Crippen molar-refractivity contribution in [3.63, 3.8) is 0 Å². The molecule has 0 atom stereocenters. The van der Waals surface area contributed by atoms with Crippen molar-refractivity contribution in [3.05, 3.63) is 17.1 Å². The van der Waals surface area contributed by atoms with Crippen LogP contribution in [-0.4, -0.2) is 16.2 Å². The normalized spacial score (nSPS) is 15.2. The average molecular weight is 209 g/mol. The van der Waals surface area contributed by atoms with Gasteiger partial charge in [-0.05, 0) is 31.9 Å². The van der Waals surface area contributed by atoms with Gasteiger partial charge in [-0.3, -0.25) is 0 Å². The predicted molar refractivity (Wildman–Crippen MR) is 60.3 cm³/mol. The third-order valence-electron chi connectivity index (χ3n) is 2.53. The monoisotopic (exact) mass is 209 g/mol. The predicted octanol–water partition coefficient (Wildman–Crippen LogP) is 1.80. The fraction of sp³-hybridized carbons (Fsp3) is 0.600. The van der Waals surface area contributed by atoms with Gasteiger partial charge in [-0.1, -0.05) is 0 Å². The number of nitrogens with two attached hydrogens (primary N) is 1. The number of rotatable bonds is 2. The van der Waals surface area contributed by atoms with Crippen LogP contribution >= 0.6 is 11.8 Å². The summed E-state index contributed by atoms with van der Waals surface area (Å²) in [7, 11) is 0. The quantitative estimate of drug-likeness (QED) is 0.807. The molecule has 0 unspecified atom stereocenters. The van der Waals surface area contributed by atoms with Gasteiger partial charge in [-0.25, -0.2) is 9.97 Å². The summed E-state index contributed by atoms with van der Waals surface area (Å²) in [6.07, 6.45) is 6.65. The molecule has 14 heavy (non-hydrogen) atoms. The topological polar surface area (TPSA) is 51.8 Å². The molecule has 0 radical (unpaired) electrons. The van der Waals surface area contributed by atoms with Gasteiger partial charge in [0.1, 0.15) is 11.6 Å².